The molecule has 1 amide bonds. The Labute approximate surface area is 111 Å². The Morgan fingerprint density at radius 1 is 1.11 bits per heavy atom. The molecule has 1 atom stereocenters. The number of unbranched alkanes of at least 4 members (excludes halogenated alkanes) is 1. The van der Waals surface area contributed by atoms with E-state index in [0.29, 0.717) is 0 Å². The van der Waals surface area contributed by atoms with Crippen LogP contribution in [0.5, 0.6) is 0 Å². The van der Waals surface area contributed by atoms with E-state index in [0.717, 1.165) is 19.3 Å². The fraction of sp³-hybridized carbons (Fsp3) is 0.562. The molecule has 100 valence electrons. The fourth-order valence-electron chi connectivity index (χ4n) is 2.01. The van der Waals surface area contributed by atoms with Crippen LogP contribution < -0.4 is 5.73 Å². The van der Waals surface area contributed by atoms with Gasteiger partial charge >= 0.3 is 0 Å². The minimum Gasteiger partial charge on any atom is -0.369 e. The molecule has 0 heterocycles. The van der Waals surface area contributed by atoms with Gasteiger partial charge in [-0.2, -0.15) is 0 Å². The van der Waals surface area contributed by atoms with Crippen LogP contribution in [0.2, 0.25) is 0 Å². The van der Waals surface area contributed by atoms with Gasteiger partial charge in [-0.1, -0.05) is 44.5 Å². The van der Waals surface area contributed by atoms with Crippen LogP contribution in [0.1, 0.15) is 50.7 Å². The van der Waals surface area contributed by atoms with Crippen molar-refractivity contribution in [2.45, 2.75) is 52.4 Å². The third-order valence-electron chi connectivity index (χ3n) is 3.43. The molecule has 1 aromatic carbocycles. The lowest BCUT2D eigenvalue weighted by molar-refractivity contribution is -0.121. The summed E-state index contributed by atoms with van der Waals surface area (Å²) in [6.07, 6.45) is 6.62. The molecule has 0 spiro atoms. The number of rotatable bonds is 8. The summed E-state index contributed by atoms with van der Waals surface area (Å²) in [7, 11) is 0. The number of aryl methyl sites for hydroxylation is 2. The molecule has 0 aliphatic rings. The van der Waals surface area contributed by atoms with Crippen LogP contribution in [0.3, 0.4) is 0 Å². The highest BCUT2D eigenvalue weighted by molar-refractivity contribution is 5.76. The SMILES string of the molecule is CCCCc1ccc(CCCC(C)C(N)=O)cc1. The maximum absolute atomic E-state index is 10.9. The van der Waals surface area contributed by atoms with Crippen LogP contribution >= 0.6 is 0 Å². The second-order valence-corrected chi connectivity index (χ2v) is 5.12. The van der Waals surface area contributed by atoms with Crippen LogP contribution in [0.25, 0.3) is 0 Å². The number of benzene rings is 1. The van der Waals surface area contributed by atoms with Gasteiger partial charge in [-0.05, 0) is 43.2 Å². The third-order valence-corrected chi connectivity index (χ3v) is 3.43. The zero-order chi connectivity index (χ0) is 13.4. The maximum atomic E-state index is 10.9. The second-order valence-electron chi connectivity index (χ2n) is 5.12. The molecule has 18 heavy (non-hydrogen) atoms. The van der Waals surface area contributed by atoms with Gasteiger partial charge in [0.15, 0.2) is 0 Å². The molecule has 2 heteroatoms. The smallest absolute Gasteiger partial charge is 0.220 e. The van der Waals surface area contributed by atoms with Crippen molar-refractivity contribution in [2.24, 2.45) is 11.7 Å². The normalized spacial score (nSPS) is 12.3. The van der Waals surface area contributed by atoms with E-state index in [-0.39, 0.29) is 11.8 Å². The van der Waals surface area contributed by atoms with Crippen LogP contribution in [-0.4, -0.2) is 5.91 Å². The van der Waals surface area contributed by atoms with Crippen LogP contribution in [0, 0.1) is 5.92 Å². The Morgan fingerprint density at radius 3 is 2.06 bits per heavy atom. The van der Waals surface area contributed by atoms with E-state index in [1.54, 1.807) is 0 Å². The molecule has 0 radical (unpaired) electrons. The summed E-state index contributed by atoms with van der Waals surface area (Å²) in [5.74, 6) is -0.196. The highest BCUT2D eigenvalue weighted by Crippen LogP contribution is 2.12. The second kappa shape index (κ2) is 7.91. The Morgan fingerprint density at radius 2 is 1.61 bits per heavy atom. The fourth-order valence-corrected chi connectivity index (χ4v) is 2.01. The standard InChI is InChI=1S/C16H25NO/c1-3-4-7-14-9-11-15(12-10-14)8-5-6-13(2)16(17)18/h9-13H,3-8H2,1-2H3,(H2,17,18). The van der Waals surface area contributed by atoms with Gasteiger partial charge in [0.05, 0.1) is 0 Å². The summed E-state index contributed by atoms with van der Waals surface area (Å²) < 4.78 is 0. The quantitative estimate of drug-likeness (QED) is 0.751. The molecule has 0 bridgehead atoms. The number of hydrogen-bond donors (Lipinski definition) is 1. The summed E-state index contributed by atoms with van der Waals surface area (Å²) in [4.78, 5) is 10.9. The van der Waals surface area contributed by atoms with Gasteiger partial charge in [-0.25, -0.2) is 0 Å². The Balaban J connectivity index is 2.32. The Kier molecular flexibility index (Phi) is 6.48. The first-order chi connectivity index (χ1) is 8.63. The van der Waals surface area contributed by atoms with Crippen LogP contribution in [0.4, 0.5) is 0 Å². The van der Waals surface area contributed by atoms with E-state index in [1.807, 2.05) is 6.92 Å². The Bertz CT molecular complexity index is 356. The van der Waals surface area contributed by atoms with E-state index in [2.05, 4.69) is 31.2 Å². The Hall–Kier alpha value is -1.31. The topological polar surface area (TPSA) is 43.1 Å². The summed E-state index contributed by atoms with van der Waals surface area (Å²) >= 11 is 0. The van der Waals surface area contributed by atoms with Crippen molar-refractivity contribution in [2.75, 3.05) is 0 Å². The monoisotopic (exact) mass is 247 g/mol. The van der Waals surface area contributed by atoms with Crippen molar-refractivity contribution >= 4 is 5.91 Å². The van der Waals surface area contributed by atoms with E-state index in [9.17, 15) is 4.79 Å². The molecule has 2 nitrogen and oxygen atoms in total. The lowest BCUT2D eigenvalue weighted by Crippen LogP contribution is -2.20. The summed E-state index contributed by atoms with van der Waals surface area (Å²) in [6.45, 7) is 4.12. The van der Waals surface area contributed by atoms with Crippen LogP contribution in [-0.2, 0) is 17.6 Å². The van der Waals surface area contributed by atoms with Gasteiger partial charge in [0, 0.05) is 5.92 Å². The summed E-state index contributed by atoms with van der Waals surface area (Å²) in [5, 5.41) is 0. The zero-order valence-corrected chi connectivity index (χ0v) is 11.6. The average molecular weight is 247 g/mol. The maximum Gasteiger partial charge on any atom is 0.220 e. The molecule has 0 aliphatic heterocycles. The number of amides is 1. The molecule has 2 N–H and O–H groups in total. The number of hydrogen-bond acceptors (Lipinski definition) is 1. The molecule has 0 fully saturated rings. The first-order valence-corrected chi connectivity index (χ1v) is 7.00. The van der Waals surface area contributed by atoms with E-state index >= 15 is 0 Å². The van der Waals surface area contributed by atoms with E-state index in [4.69, 9.17) is 5.73 Å². The van der Waals surface area contributed by atoms with Crippen LogP contribution in [0.15, 0.2) is 24.3 Å². The number of nitrogens with two attached hydrogens (primary N) is 1. The minimum atomic E-state index is -0.190. The largest absolute Gasteiger partial charge is 0.369 e. The average Bonchev–Trinajstić information content (AvgIpc) is 2.37. The van der Waals surface area contributed by atoms with Gasteiger partial charge < -0.3 is 5.73 Å². The van der Waals surface area contributed by atoms with Crippen molar-refractivity contribution in [3.63, 3.8) is 0 Å². The minimum absolute atomic E-state index is 0.00572. The van der Waals surface area contributed by atoms with Crippen molar-refractivity contribution < 1.29 is 4.79 Å². The number of primary amides is 1. The van der Waals surface area contributed by atoms with Crippen molar-refractivity contribution in [1.82, 2.24) is 0 Å². The molecule has 0 saturated carbocycles. The van der Waals surface area contributed by atoms with Gasteiger partial charge in [0.1, 0.15) is 0 Å². The van der Waals surface area contributed by atoms with E-state index < -0.39 is 0 Å². The predicted molar refractivity (Wildman–Crippen MR) is 76.4 cm³/mol. The predicted octanol–water partition coefficient (Wildman–Crippen LogP) is 3.47. The lowest BCUT2D eigenvalue weighted by atomic mass is 9.99. The van der Waals surface area contributed by atoms with E-state index in [1.165, 1.54) is 30.4 Å². The molecule has 1 aromatic rings. The lowest BCUT2D eigenvalue weighted by Gasteiger charge is -2.07. The van der Waals surface area contributed by atoms with Gasteiger partial charge in [0.25, 0.3) is 0 Å². The third kappa shape index (κ3) is 5.35. The summed E-state index contributed by atoms with van der Waals surface area (Å²) in [6, 6.07) is 8.87. The van der Waals surface area contributed by atoms with Gasteiger partial charge in [0.2, 0.25) is 5.91 Å². The number of carbonyl (C=O) groups is 1. The molecule has 0 aliphatic carbocycles. The molecule has 1 rings (SSSR count). The highest BCUT2D eigenvalue weighted by atomic mass is 16.1. The van der Waals surface area contributed by atoms with Gasteiger partial charge in [-0.3, -0.25) is 4.79 Å². The van der Waals surface area contributed by atoms with Gasteiger partial charge in [-0.15, -0.1) is 0 Å². The van der Waals surface area contributed by atoms with Crippen molar-refractivity contribution in [1.29, 1.82) is 0 Å². The molecule has 0 saturated heterocycles. The number of carbonyl (C=O) groups excluding carboxylic acids is 1. The summed E-state index contributed by atoms with van der Waals surface area (Å²) in [5.41, 5.74) is 8.02. The first kappa shape index (κ1) is 14.7. The molecular formula is C16H25NO. The zero-order valence-electron chi connectivity index (χ0n) is 11.6. The molecule has 0 aromatic heterocycles. The molecule has 1 unspecified atom stereocenters. The van der Waals surface area contributed by atoms with Crippen molar-refractivity contribution in [3.8, 4) is 0 Å². The molecular weight excluding hydrogens is 222 g/mol. The highest BCUT2D eigenvalue weighted by Gasteiger charge is 2.07. The first-order valence-electron chi connectivity index (χ1n) is 7.00. The van der Waals surface area contributed by atoms with Crippen molar-refractivity contribution in [3.05, 3.63) is 35.4 Å².